The van der Waals surface area contributed by atoms with Crippen LogP contribution in [0.1, 0.15) is 31.9 Å². The van der Waals surface area contributed by atoms with Crippen LogP contribution in [0.2, 0.25) is 0 Å². The van der Waals surface area contributed by atoms with Crippen molar-refractivity contribution in [3.8, 4) is 5.75 Å². The van der Waals surface area contributed by atoms with E-state index >= 15 is 0 Å². The minimum absolute atomic E-state index is 0.0152. The molecule has 0 aromatic heterocycles. The van der Waals surface area contributed by atoms with Gasteiger partial charge in [-0.15, -0.1) is 0 Å². The van der Waals surface area contributed by atoms with Gasteiger partial charge in [0.05, 0.1) is 13.7 Å². The van der Waals surface area contributed by atoms with E-state index in [2.05, 4.69) is 37.5 Å². The molecule has 0 saturated carbocycles. The Morgan fingerprint density at radius 2 is 1.72 bits per heavy atom. The number of benzene rings is 2. The van der Waals surface area contributed by atoms with Crippen molar-refractivity contribution in [3.63, 3.8) is 0 Å². The van der Waals surface area contributed by atoms with Gasteiger partial charge in [0.25, 0.3) is 0 Å². The fourth-order valence-electron chi connectivity index (χ4n) is 2.78. The molecule has 0 fully saturated rings. The minimum atomic E-state index is -0.0152. The van der Waals surface area contributed by atoms with Crippen molar-refractivity contribution >= 4 is 11.6 Å². The number of carbonyl (C=O) groups is 1. The molecule has 2 aromatic carbocycles. The predicted octanol–water partition coefficient (Wildman–Crippen LogP) is 3.76. The highest BCUT2D eigenvalue weighted by Crippen LogP contribution is 2.28. The van der Waals surface area contributed by atoms with E-state index < -0.39 is 0 Å². The first kappa shape index (κ1) is 18.8. The normalized spacial score (nSPS) is 11.0. The number of rotatable bonds is 7. The molecule has 134 valence electrons. The minimum Gasteiger partial charge on any atom is -0.496 e. The third-order valence-corrected chi connectivity index (χ3v) is 4.08. The Labute approximate surface area is 150 Å². The second kappa shape index (κ2) is 8.56. The van der Waals surface area contributed by atoms with Crippen LogP contribution in [0.25, 0.3) is 0 Å². The summed E-state index contributed by atoms with van der Waals surface area (Å²) in [5.41, 5.74) is 3.34. The molecule has 0 spiro atoms. The van der Waals surface area contributed by atoms with Crippen LogP contribution < -0.4 is 15.4 Å². The van der Waals surface area contributed by atoms with Crippen molar-refractivity contribution in [2.75, 3.05) is 25.5 Å². The quantitative estimate of drug-likeness (QED) is 0.807. The zero-order chi connectivity index (χ0) is 18.3. The van der Waals surface area contributed by atoms with E-state index in [0.717, 1.165) is 23.4 Å². The lowest BCUT2D eigenvalue weighted by atomic mass is 9.86. The highest BCUT2D eigenvalue weighted by atomic mass is 16.5. The average Bonchev–Trinajstić information content (AvgIpc) is 2.60. The Balaban J connectivity index is 1.84. The van der Waals surface area contributed by atoms with Crippen molar-refractivity contribution in [1.29, 1.82) is 0 Å². The molecule has 4 heteroatoms. The van der Waals surface area contributed by atoms with Gasteiger partial charge < -0.3 is 15.4 Å². The molecule has 2 aromatic rings. The molecule has 0 aliphatic rings. The molecule has 1 amide bonds. The van der Waals surface area contributed by atoms with Gasteiger partial charge in [-0.1, -0.05) is 57.2 Å². The van der Waals surface area contributed by atoms with E-state index in [1.54, 1.807) is 7.11 Å². The lowest BCUT2D eigenvalue weighted by Gasteiger charge is -2.23. The lowest BCUT2D eigenvalue weighted by Crippen LogP contribution is -2.32. The maximum Gasteiger partial charge on any atom is 0.239 e. The molecular weight excluding hydrogens is 312 g/mol. The molecule has 0 radical (unpaired) electrons. The SMILES string of the molecule is COc1ccccc1CCNC(=O)CNc1ccccc1C(C)(C)C. The molecule has 0 unspecified atom stereocenters. The molecule has 25 heavy (non-hydrogen) atoms. The topological polar surface area (TPSA) is 50.4 Å². The Morgan fingerprint density at radius 1 is 1.04 bits per heavy atom. The van der Waals surface area contributed by atoms with E-state index in [0.29, 0.717) is 6.54 Å². The van der Waals surface area contributed by atoms with Crippen LogP contribution in [0.15, 0.2) is 48.5 Å². The van der Waals surface area contributed by atoms with Crippen LogP contribution in [-0.2, 0) is 16.6 Å². The van der Waals surface area contributed by atoms with Crippen molar-refractivity contribution in [2.24, 2.45) is 0 Å². The van der Waals surface area contributed by atoms with Gasteiger partial charge in [0.1, 0.15) is 5.75 Å². The summed E-state index contributed by atoms with van der Waals surface area (Å²) in [5.74, 6) is 0.840. The number of amides is 1. The van der Waals surface area contributed by atoms with E-state index in [1.165, 1.54) is 5.56 Å². The number of methoxy groups -OCH3 is 1. The molecular formula is C21H28N2O2. The summed E-state index contributed by atoms with van der Waals surface area (Å²) < 4.78 is 5.33. The molecule has 0 heterocycles. The number of nitrogens with one attached hydrogen (secondary N) is 2. The Morgan fingerprint density at radius 3 is 2.44 bits per heavy atom. The Hall–Kier alpha value is -2.49. The largest absolute Gasteiger partial charge is 0.496 e. The lowest BCUT2D eigenvalue weighted by molar-refractivity contribution is -0.119. The maximum absolute atomic E-state index is 12.1. The van der Waals surface area contributed by atoms with E-state index in [4.69, 9.17) is 4.74 Å². The summed E-state index contributed by atoms with van der Waals surface area (Å²) in [7, 11) is 1.66. The number of carbonyl (C=O) groups excluding carboxylic acids is 1. The van der Waals surface area contributed by atoms with Gasteiger partial charge in [-0.25, -0.2) is 0 Å². The monoisotopic (exact) mass is 340 g/mol. The van der Waals surface area contributed by atoms with Gasteiger partial charge in [0.2, 0.25) is 5.91 Å². The van der Waals surface area contributed by atoms with Gasteiger partial charge in [0.15, 0.2) is 0 Å². The third kappa shape index (κ3) is 5.52. The van der Waals surface area contributed by atoms with Crippen LogP contribution in [0.4, 0.5) is 5.69 Å². The maximum atomic E-state index is 12.1. The van der Waals surface area contributed by atoms with Gasteiger partial charge in [0, 0.05) is 12.2 Å². The fraction of sp³-hybridized carbons (Fsp3) is 0.381. The number of hydrogen-bond donors (Lipinski definition) is 2. The summed E-state index contributed by atoms with van der Waals surface area (Å²) in [6.45, 7) is 7.35. The predicted molar refractivity (Wildman–Crippen MR) is 103 cm³/mol. The second-order valence-electron chi connectivity index (χ2n) is 7.06. The van der Waals surface area contributed by atoms with Crippen molar-refractivity contribution in [3.05, 3.63) is 59.7 Å². The number of para-hydroxylation sites is 2. The van der Waals surface area contributed by atoms with Crippen molar-refractivity contribution in [2.45, 2.75) is 32.6 Å². The number of anilines is 1. The van der Waals surface area contributed by atoms with E-state index in [-0.39, 0.29) is 17.9 Å². The molecule has 4 nitrogen and oxygen atoms in total. The molecule has 2 N–H and O–H groups in total. The van der Waals surface area contributed by atoms with Gasteiger partial charge in [-0.2, -0.15) is 0 Å². The van der Waals surface area contributed by atoms with E-state index in [9.17, 15) is 4.79 Å². The summed E-state index contributed by atoms with van der Waals surface area (Å²) in [6.07, 6.45) is 0.744. The molecule has 0 aliphatic heterocycles. The molecule has 0 aliphatic carbocycles. The van der Waals surface area contributed by atoms with Gasteiger partial charge in [-0.05, 0) is 35.1 Å². The molecule has 0 atom stereocenters. The second-order valence-corrected chi connectivity index (χ2v) is 7.06. The zero-order valence-electron chi connectivity index (χ0n) is 15.6. The number of hydrogen-bond acceptors (Lipinski definition) is 3. The van der Waals surface area contributed by atoms with Crippen LogP contribution in [0.3, 0.4) is 0 Å². The Kier molecular flexibility index (Phi) is 6.45. The summed E-state index contributed by atoms with van der Waals surface area (Å²) in [6, 6.07) is 16.0. The standard InChI is InChI=1S/C21H28N2O2/c1-21(2,3)17-10-6-7-11-18(17)23-15-20(24)22-14-13-16-9-5-8-12-19(16)25-4/h5-12,23H,13-15H2,1-4H3,(H,22,24). The molecule has 0 saturated heterocycles. The van der Waals surface area contributed by atoms with Crippen LogP contribution in [-0.4, -0.2) is 26.1 Å². The number of ether oxygens (including phenoxy) is 1. The Bertz CT molecular complexity index is 705. The van der Waals surface area contributed by atoms with Gasteiger partial charge in [-0.3, -0.25) is 4.79 Å². The summed E-state index contributed by atoms with van der Waals surface area (Å²) in [5, 5.41) is 6.21. The first-order chi connectivity index (χ1) is 11.9. The summed E-state index contributed by atoms with van der Waals surface area (Å²) >= 11 is 0. The molecule has 0 bridgehead atoms. The fourth-order valence-corrected chi connectivity index (χ4v) is 2.78. The highest BCUT2D eigenvalue weighted by Gasteiger charge is 2.17. The molecule has 2 rings (SSSR count). The third-order valence-electron chi connectivity index (χ3n) is 4.08. The summed E-state index contributed by atoms with van der Waals surface area (Å²) in [4.78, 5) is 12.1. The van der Waals surface area contributed by atoms with Crippen molar-refractivity contribution < 1.29 is 9.53 Å². The average molecular weight is 340 g/mol. The first-order valence-electron chi connectivity index (χ1n) is 8.64. The smallest absolute Gasteiger partial charge is 0.239 e. The van der Waals surface area contributed by atoms with Crippen molar-refractivity contribution in [1.82, 2.24) is 5.32 Å². The van der Waals surface area contributed by atoms with Crippen LogP contribution in [0, 0.1) is 0 Å². The van der Waals surface area contributed by atoms with Gasteiger partial charge >= 0.3 is 0 Å². The first-order valence-corrected chi connectivity index (χ1v) is 8.64. The van der Waals surface area contributed by atoms with Crippen LogP contribution in [0.5, 0.6) is 5.75 Å². The zero-order valence-corrected chi connectivity index (χ0v) is 15.6. The van der Waals surface area contributed by atoms with E-state index in [1.807, 2.05) is 42.5 Å². The highest BCUT2D eigenvalue weighted by molar-refractivity contribution is 5.81. The van der Waals surface area contributed by atoms with Crippen LogP contribution >= 0.6 is 0 Å².